The molecule has 6 heteroatoms. The molecule has 1 amide bonds. The first-order valence-corrected chi connectivity index (χ1v) is 8.62. The van der Waals surface area contributed by atoms with Crippen LogP contribution in [0.1, 0.15) is 38.2 Å². The highest BCUT2D eigenvalue weighted by molar-refractivity contribution is 6.29. The smallest absolute Gasteiger partial charge is 0.230 e. The van der Waals surface area contributed by atoms with Crippen molar-refractivity contribution in [2.24, 2.45) is 0 Å². The van der Waals surface area contributed by atoms with Crippen LogP contribution in [0, 0.1) is 12.3 Å². The topological polar surface area (TPSA) is 54.5 Å². The van der Waals surface area contributed by atoms with Gasteiger partial charge in [-0.15, -0.1) is 12.3 Å². The molecule has 0 saturated carbocycles. The van der Waals surface area contributed by atoms with Gasteiger partial charge in [-0.25, -0.2) is 4.98 Å². The van der Waals surface area contributed by atoms with Crippen LogP contribution in [0.15, 0.2) is 12.3 Å². The van der Waals surface area contributed by atoms with Crippen molar-refractivity contribution < 1.29 is 9.53 Å². The molecule has 1 unspecified atom stereocenters. The molecule has 130 valence electrons. The van der Waals surface area contributed by atoms with E-state index in [-0.39, 0.29) is 17.9 Å². The molecule has 1 aromatic heterocycles. The van der Waals surface area contributed by atoms with Gasteiger partial charge in [-0.2, -0.15) is 0 Å². The third kappa shape index (κ3) is 4.86. The SMILES string of the molecule is C#CCCC(C(=O)N1CCOCC1)c1cnc(Cl)cc1NC(C)C. The number of amides is 1. The summed E-state index contributed by atoms with van der Waals surface area (Å²) in [7, 11) is 0. The van der Waals surface area contributed by atoms with E-state index in [2.05, 4.69) is 16.2 Å². The number of pyridine rings is 1. The Labute approximate surface area is 148 Å². The van der Waals surface area contributed by atoms with Crippen molar-refractivity contribution in [2.75, 3.05) is 31.6 Å². The molecule has 0 aromatic carbocycles. The number of anilines is 1. The van der Waals surface area contributed by atoms with E-state index in [0.717, 1.165) is 11.3 Å². The molecular formula is C18H24ClN3O2. The summed E-state index contributed by atoms with van der Waals surface area (Å²) in [6, 6.07) is 1.99. The van der Waals surface area contributed by atoms with Crippen LogP contribution in [-0.4, -0.2) is 48.1 Å². The minimum absolute atomic E-state index is 0.0736. The van der Waals surface area contributed by atoms with Crippen LogP contribution in [0.4, 0.5) is 5.69 Å². The highest BCUT2D eigenvalue weighted by Crippen LogP contribution is 2.31. The maximum Gasteiger partial charge on any atom is 0.230 e. The van der Waals surface area contributed by atoms with Crippen LogP contribution in [0.2, 0.25) is 5.15 Å². The number of ether oxygens (including phenoxy) is 1. The number of rotatable bonds is 6. The summed E-state index contributed by atoms with van der Waals surface area (Å²) in [5, 5.41) is 3.76. The molecule has 1 saturated heterocycles. The summed E-state index contributed by atoms with van der Waals surface area (Å²) in [6.07, 6.45) is 8.23. The Kier molecular flexibility index (Phi) is 6.89. The van der Waals surface area contributed by atoms with Gasteiger partial charge in [-0.05, 0) is 26.3 Å². The second-order valence-electron chi connectivity index (χ2n) is 6.13. The van der Waals surface area contributed by atoms with E-state index in [1.165, 1.54) is 0 Å². The molecule has 0 aliphatic carbocycles. The standard InChI is InChI=1S/C18H24ClN3O2/c1-4-5-6-14(18(23)22-7-9-24-10-8-22)15-12-20-17(19)11-16(15)21-13(2)3/h1,11-14H,5-10H2,2-3H3,(H,20,21). The Hall–Kier alpha value is -1.77. The molecule has 1 aliphatic rings. The molecule has 0 bridgehead atoms. The zero-order valence-corrected chi connectivity index (χ0v) is 15.0. The lowest BCUT2D eigenvalue weighted by atomic mass is 9.92. The second kappa shape index (κ2) is 8.91. The summed E-state index contributed by atoms with van der Waals surface area (Å²) in [5.41, 5.74) is 1.69. The second-order valence-corrected chi connectivity index (χ2v) is 6.51. The van der Waals surface area contributed by atoms with Crippen molar-refractivity contribution >= 4 is 23.2 Å². The first-order valence-electron chi connectivity index (χ1n) is 8.25. The largest absolute Gasteiger partial charge is 0.382 e. The number of hydrogen-bond donors (Lipinski definition) is 1. The van der Waals surface area contributed by atoms with E-state index in [1.807, 2.05) is 18.7 Å². The molecule has 0 spiro atoms. The average molecular weight is 350 g/mol. The summed E-state index contributed by atoms with van der Waals surface area (Å²) in [5.74, 6) is 2.38. The molecule has 1 aromatic rings. The van der Waals surface area contributed by atoms with Gasteiger partial charge in [-0.3, -0.25) is 4.79 Å². The van der Waals surface area contributed by atoms with Gasteiger partial charge in [0.1, 0.15) is 5.15 Å². The number of carbonyl (C=O) groups is 1. The van der Waals surface area contributed by atoms with Gasteiger partial charge in [0.25, 0.3) is 0 Å². The number of aromatic nitrogens is 1. The minimum atomic E-state index is -0.329. The Morgan fingerprint density at radius 1 is 1.50 bits per heavy atom. The summed E-state index contributed by atoms with van der Waals surface area (Å²) in [4.78, 5) is 19.1. The van der Waals surface area contributed by atoms with Crippen molar-refractivity contribution in [2.45, 2.75) is 38.6 Å². The van der Waals surface area contributed by atoms with E-state index in [1.54, 1.807) is 12.3 Å². The molecule has 0 radical (unpaired) electrons. The zero-order chi connectivity index (χ0) is 17.5. The quantitative estimate of drug-likeness (QED) is 0.633. The number of carbonyl (C=O) groups excluding carboxylic acids is 1. The fourth-order valence-corrected chi connectivity index (χ4v) is 2.96. The third-order valence-electron chi connectivity index (χ3n) is 3.92. The third-order valence-corrected chi connectivity index (χ3v) is 4.13. The van der Waals surface area contributed by atoms with Gasteiger partial charge >= 0.3 is 0 Å². The molecular weight excluding hydrogens is 326 g/mol. The Morgan fingerprint density at radius 2 is 2.21 bits per heavy atom. The monoisotopic (exact) mass is 349 g/mol. The number of morpholine rings is 1. The van der Waals surface area contributed by atoms with Gasteiger partial charge < -0.3 is 15.0 Å². The van der Waals surface area contributed by atoms with Crippen LogP contribution >= 0.6 is 11.6 Å². The van der Waals surface area contributed by atoms with Crippen LogP contribution in [0.5, 0.6) is 0 Å². The molecule has 5 nitrogen and oxygen atoms in total. The number of hydrogen-bond acceptors (Lipinski definition) is 4. The predicted octanol–water partition coefficient (Wildman–Crippen LogP) is 2.91. The van der Waals surface area contributed by atoms with Crippen LogP contribution < -0.4 is 5.32 Å². The van der Waals surface area contributed by atoms with Gasteiger partial charge in [0, 0.05) is 43.0 Å². The van der Waals surface area contributed by atoms with Crippen molar-refractivity contribution in [3.8, 4) is 12.3 Å². The maximum absolute atomic E-state index is 13.0. The Bertz CT molecular complexity index is 607. The molecule has 1 atom stereocenters. The lowest BCUT2D eigenvalue weighted by Gasteiger charge is -2.31. The van der Waals surface area contributed by atoms with E-state index < -0.39 is 0 Å². The summed E-state index contributed by atoms with van der Waals surface area (Å²) < 4.78 is 5.34. The lowest BCUT2D eigenvalue weighted by Crippen LogP contribution is -2.43. The van der Waals surface area contributed by atoms with E-state index in [0.29, 0.717) is 44.3 Å². The zero-order valence-electron chi connectivity index (χ0n) is 14.2. The van der Waals surface area contributed by atoms with Crippen molar-refractivity contribution in [1.82, 2.24) is 9.88 Å². The van der Waals surface area contributed by atoms with Crippen LogP contribution in [0.25, 0.3) is 0 Å². The molecule has 2 rings (SSSR count). The van der Waals surface area contributed by atoms with Crippen molar-refractivity contribution in [3.63, 3.8) is 0 Å². The first kappa shape index (κ1) is 18.6. The molecule has 2 heterocycles. The summed E-state index contributed by atoms with van der Waals surface area (Å²) >= 11 is 6.04. The molecule has 1 aliphatic heterocycles. The normalized spacial score (nSPS) is 15.9. The predicted molar refractivity (Wildman–Crippen MR) is 96.2 cm³/mol. The highest BCUT2D eigenvalue weighted by atomic mass is 35.5. The van der Waals surface area contributed by atoms with Gasteiger partial charge in [0.15, 0.2) is 0 Å². The van der Waals surface area contributed by atoms with Crippen molar-refractivity contribution in [1.29, 1.82) is 0 Å². The number of nitrogens with one attached hydrogen (secondary N) is 1. The lowest BCUT2D eigenvalue weighted by molar-refractivity contribution is -0.137. The van der Waals surface area contributed by atoms with Crippen LogP contribution in [-0.2, 0) is 9.53 Å². The van der Waals surface area contributed by atoms with Gasteiger partial charge in [0.2, 0.25) is 5.91 Å². The van der Waals surface area contributed by atoms with E-state index in [9.17, 15) is 4.79 Å². The fourth-order valence-electron chi connectivity index (χ4n) is 2.80. The van der Waals surface area contributed by atoms with Crippen molar-refractivity contribution in [3.05, 3.63) is 23.0 Å². The van der Waals surface area contributed by atoms with E-state index in [4.69, 9.17) is 22.8 Å². The fraction of sp³-hybridized carbons (Fsp3) is 0.556. The van der Waals surface area contributed by atoms with E-state index >= 15 is 0 Å². The average Bonchev–Trinajstić information content (AvgIpc) is 2.56. The molecule has 1 fully saturated rings. The number of terminal acetylenes is 1. The Balaban J connectivity index is 2.32. The number of halogens is 1. The first-order chi connectivity index (χ1) is 11.5. The van der Waals surface area contributed by atoms with Gasteiger partial charge in [-0.1, -0.05) is 11.6 Å². The maximum atomic E-state index is 13.0. The highest BCUT2D eigenvalue weighted by Gasteiger charge is 2.29. The molecule has 1 N–H and O–H groups in total. The van der Waals surface area contributed by atoms with Crippen LogP contribution in [0.3, 0.4) is 0 Å². The summed E-state index contributed by atoms with van der Waals surface area (Å²) in [6.45, 7) is 6.45. The number of nitrogens with zero attached hydrogens (tertiary/aromatic N) is 2. The molecule has 24 heavy (non-hydrogen) atoms. The minimum Gasteiger partial charge on any atom is -0.382 e. The van der Waals surface area contributed by atoms with Gasteiger partial charge in [0.05, 0.1) is 19.1 Å². The Morgan fingerprint density at radius 3 is 2.83 bits per heavy atom.